The number of nitrogen functional groups attached to an aromatic ring is 1. The minimum Gasteiger partial charge on any atom is -0.496 e. The molecule has 2 heterocycles. The minimum absolute atomic E-state index is 0.456. The van der Waals surface area contributed by atoms with Crippen molar-refractivity contribution in [2.75, 3.05) is 13.0 Å². The summed E-state index contributed by atoms with van der Waals surface area (Å²) in [7, 11) is 1.61. The lowest BCUT2D eigenvalue weighted by molar-refractivity contribution is 0.390. The summed E-state index contributed by atoms with van der Waals surface area (Å²) < 4.78 is 12.2. The number of nitrogens with two attached hydrogens (primary N) is 1. The molecule has 0 aliphatic heterocycles. The third-order valence-electron chi connectivity index (χ3n) is 3.77. The summed E-state index contributed by atoms with van der Waals surface area (Å²) in [5, 5.41) is 12.9. The molecule has 9 heteroatoms. The molecule has 4 rings (SSSR count). The van der Waals surface area contributed by atoms with E-state index in [-0.39, 0.29) is 0 Å². The number of ether oxygens (including phenoxy) is 1. The standard InChI is InChI=1S/C15H16N6O2S/c1-22-11-5-3-2-4-10(11)13-17-12(23-20-13)8-24-15-19-18-14(21(15)16)9-6-7-9/h2-5,9H,6-8,16H2,1H3. The lowest BCUT2D eigenvalue weighted by Gasteiger charge is -2.03. The Kier molecular flexibility index (Phi) is 3.85. The van der Waals surface area contributed by atoms with E-state index in [1.54, 1.807) is 11.8 Å². The highest BCUT2D eigenvalue weighted by Crippen LogP contribution is 2.39. The Bertz CT molecular complexity index is 857. The average Bonchev–Trinajstić information content (AvgIpc) is 3.23. The predicted molar refractivity (Wildman–Crippen MR) is 88.0 cm³/mol. The lowest BCUT2D eigenvalue weighted by Crippen LogP contribution is -2.13. The van der Waals surface area contributed by atoms with E-state index >= 15 is 0 Å². The van der Waals surface area contributed by atoms with E-state index in [9.17, 15) is 0 Å². The minimum atomic E-state index is 0.456. The van der Waals surface area contributed by atoms with Crippen molar-refractivity contribution in [2.45, 2.75) is 29.7 Å². The summed E-state index contributed by atoms with van der Waals surface area (Å²) in [6.07, 6.45) is 2.26. The van der Waals surface area contributed by atoms with Gasteiger partial charge in [0.15, 0.2) is 5.82 Å². The van der Waals surface area contributed by atoms with E-state index in [1.165, 1.54) is 11.8 Å². The van der Waals surface area contributed by atoms with Crippen LogP contribution in [0.5, 0.6) is 5.75 Å². The van der Waals surface area contributed by atoms with Crippen LogP contribution >= 0.6 is 11.8 Å². The molecule has 1 fully saturated rings. The number of thioether (sulfide) groups is 1. The summed E-state index contributed by atoms with van der Waals surface area (Å²) in [4.78, 5) is 4.41. The number of methoxy groups -OCH3 is 1. The van der Waals surface area contributed by atoms with Gasteiger partial charge in [-0.3, -0.25) is 0 Å². The van der Waals surface area contributed by atoms with Gasteiger partial charge in [-0.25, -0.2) is 4.68 Å². The van der Waals surface area contributed by atoms with Crippen LogP contribution in [0.25, 0.3) is 11.4 Å². The maximum Gasteiger partial charge on any atom is 0.237 e. The Labute approximate surface area is 142 Å². The number of aromatic nitrogens is 5. The molecule has 8 nitrogen and oxygen atoms in total. The zero-order valence-electron chi connectivity index (χ0n) is 13.0. The quantitative estimate of drug-likeness (QED) is 0.536. The van der Waals surface area contributed by atoms with Gasteiger partial charge in [-0.05, 0) is 25.0 Å². The first-order valence-corrected chi connectivity index (χ1v) is 8.54. The van der Waals surface area contributed by atoms with E-state index in [0.29, 0.717) is 34.3 Å². The van der Waals surface area contributed by atoms with Crippen molar-refractivity contribution in [2.24, 2.45) is 0 Å². The highest BCUT2D eigenvalue weighted by Gasteiger charge is 2.30. The van der Waals surface area contributed by atoms with Crippen molar-refractivity contribution in [1.29, 1.82) is 0 Å². The highest BCUT2D eigenvalue weighted by atomic mass is 32.2. The van der Waals surface area contributed by atoms with Crippen LogP contribution in [0.4, 0.5) is 0 Å². The first-order chi connectivity index (χ1) is 11.8. The second-order valence-corrected chi connectivity index (χ2v) is 6.43. The molecular weight excluding hydrogens is 328 g/mol. The SMILES string of the molecule is COc1ccccc1-c1noc(CSc2nnc(C3CC3)n2N)n1. The third-order valence-corrected chi connectivity index (χ3v) is 4.70. The van der Waals surface area contributed by atoms with Gasteiger partial charge in [0.05, 0.1) is 18.4 Å². The zero-order valence-corrected chi connectivity index (χ0v) is 13.9. The van der Waals surface area contributed by atoms with E-state index < -0.39 is 0 Å². The van der Waals surface area contributed by atoms with Crippen LogP contribution < -0.4 is 10.6 Å². The van der Waals surface area contributed by atoms with Gasteiger partial charge < -0.3 is 15.1 Å². The lowest BCUT2D eigenvalue weighted by atomic mass is 10.2. The van der Waals surface area contributed by atoms with E-state index in [2.05, 4.69) is 20.3 Å². The summed E-state index contributed by atoms with van der Waals surface area (Å²) >= 11 is 1.42. The van der Waals surface area contributed by atoms with E-state index in [0.717, 1.165) is 24.2 Å². The van der Waals surface area contributed by atoms with Crippen LogP contribution in [0.15, 0.2) is 33.9 Å². The molecule has 0 saturated heterocycles. The summed E-state index contributed by atoms with van der Waals surface area (Å²) in [6, 6.07) is 7.54. The third kappa shape index (κ3) is 2.82. The molecule has 0 amide bonds. The molecule has 1 aliphatic rings. The van der Waals surface area contributed by atoms with Gasteiger partial charge in [0.1, 0.15) is 5.75 Å². The van der Waals surface area contributed by atoms with Gasteiger partial charge in [-0.1, -0.05) is 29.1 Å². The predicted octanol–water partition coefficient (Wildman–Crippen LogP) is 2.22. The molecule has 2 aromatic heterocycles. The number of nitrogens with zero attached hydrogens (tertiary/aromatic N) is 5. The molecule has 1 aliphatic carbocycles. The number of hydrogen-bond acceptors (Lipinski definition) is 8. The fraction of sp³-hybridized carbons (Fsp3) is 0.333. The Balaban J connectivity index is 1.47. The van der Waals surface area contributed by atoms with Crippen molar-refractivity contribution in [3.05, 3.63) is 36.0 Å². The molecule has 3 aromatic rings. The van der Waals surface area contributed by atoms with Crippen molar-refractivity contribution in [3.63, 3.8) is 0 Å². The maximum absolute atomic E-state index is 6.03. The second kappa shape index (κ2) is 6.16. The second-order valence-electron chi connectivity index (χ2n) is 5.49. The van der Waals surface area contributed by atoms with Crippen molar-refractivity contribution < 1.29 is 9.26 Å². The summed E-state index contributed by atoms with van der Waals surface area (Å²) in [5.74, 6) is 9.50. The summed E-state index contributed by atoms with van der Waals surface area (Å²) in [5.41, 5.74) is 0.790. The topological polar surface area (TPSA) is 105 Å². The Morgan fingerprint density at radius 3 is 2.96 bits per heavy atom. The first-order valence-electron chi connectivity index (χ1n) is 7.55. The first kappa shape index (κ1) is 15.0. The van der Waals surface area contributed by atoms with Crippen molar-refractivity contribution in [1.82, 2.24) is 25.0 Å². The van der Waals surface area contributed by atoms with Crippen LogP contribution in [-0.4, -0.2) is 32.1 Å². The van der Waals surface area contributed by atoms with Crippen LogP contribution in [-0.2, 0) is 5.75 Å². The fourth-order valence-electron chi connectivity index (χ4n) is 2.39. The number of benzene rings is 1. The molecule has 0 spiro atoms. The van der Waals surface area contributed by atoms with E-state index in [4.69, 9.17) is 15.1 Å². The molecular formula is C15H16N6O2S. The molecule has 1 aromatic carbocycles. The normalized spacial score (nSPS) is 14.0. The number of rotatable bonds is 6. The van der Waals surface area contributed by atoms with Gasteiger partial charge in [-0.15, -0.1) is 10.2 Å². The fourth-order valence-corrected chi connectivity index (χ4v) is 3.09. The molecule has 0 radical (unpaired) electrons. The van der Waals surface area contributed by atoms with Crippen LogP contribution in [0.2, 0.25) is 0 Å². The average molecular weight is 344 g/mol. The number of hydrogen-bond donors (Lipinski definition) is 1. The molecule has 24 heavy (non-hydrogen) atoms. The Hall–Kier alpha value is -2.55. The maximum atomic E-state index is 6.03. The van der Waals surface area contributed by atoms with Crippen LogP contribution in [0.3, 0.4) is 0 Å². The van der Waals surface area contributed by atoms with Gasteiger partial charge in [0, 0.05) is 5.92 Å². The van der Waals surface area contributed by atoms with E-state index in [1.807, 2.05) is 24.3 Å². The smallest absolute Gasteiger partial charge is 0.237 e. The number of para-hydroxylation sites is 1. The molecule has 2 N–H and O–H groups in total. The van der Waals surface area contributed by atoms with Gasteiger partial charge in [-0.2, -0.15) is 4.98 Å². The molecule has 0 bridgehead atoms. The molecule has 124 valence electrons. The van der Waals surface area contributed by atoms with Crippen LogP contribution in [0, 0.1) is 0 Å². The largest absolute Gasteiger partial charge is 0.496 e. The van der Waals surface area contributed by atoms with Gasteiger partial charge in [0.2, 0.25) is 16.9 Å². The molecule has 1 saturated carbocycles. The van der Waals surface area contributed by atoms with Crippen molar-refractivity contribution in [3.8, 4) is 17.1 Å². The molecule has 0 atom stereocenters. The van der Waals surface area contributed by atoms with Gasteiger partial charge in [0.25, 0.3) is 0 Å². The van der Waals surface area contributed by atoms with Gasteiger partial charge >= 0.3 is 0 Å². The monoisotopic (exact) mass is 344 g/mol. The summed E-state index contributed by atoms with van der Waals surface area (Å²) in [6.45, 7) is 0. The highest BCUT2D eigenvalue weighted by molar-refractivity contribution is 7.98. The Morgan fingerprint density at radius 2 is 2.17 bits per heavy atom. The Morgan fingerprint density at radius 1 is 1.33 bits per heavy atom. The van der Waals surface area contributed by atoms with Crippen LogP contribution in [0.1, 0.15) is 30.5 Å². The zero-order chi connectivity index (χ0) is 16.5. The molecule has 0 unspecified atom stereocenters. The van der Waals surface area contributed by atoms with Crippen molar-refractivity contribution >= 4 is 11.8 Å².